The molecule has 0 bridgehead atoms. The van der Waals surface area contributed by atoms with Gasteiger partial charge >= 0.3 is 17.9 Å². The van der Waals surface area contributed by atoms with Crippen molar-refractivity contribution in [3.05, 3.63) is 0 Å². The number of ether oxygens (including phenoxy) is 3. The van der Waals surface area contributed by atoms with Crippen LogP contribution in [0.15, 0.2) is 0 Å². The number of carbonyl (C=O) groups is 3. The molecule has 0 spiro atoms. The average molecular weight is 573 g/mol. The van der Waals surface area contributed by atoms with Gasteiger partial charge in [0.2, 0.25) is 0 Å². The fourth-order valence-electron chi connectivity index (χ4n) is 4.68. The van der Waals surface area contributed by atoms with Gasteiger partial charge in [-0.3, -0.25) is 9.59 Å². The maximum Gasteiger partial charge on any atom is 0.362 e. The molecule has 0 saturated carbocycles. The van der Waals surface area contributed by atoms with Crippen molar-refractivity contribution < 1.29 is 38.2 Å². The summed E-state index contributed by atoms with van der Waals surface area (Å²) in [5.41, 5.74) is 0. The molecule has 0 aliphatic carbocycles. The maximum absolute atomic E-state index is 12.5. The minimum Gasteiger partial charge on any atom is -0.477 e. The van der Waals surface area contributed by atoms with Crippen LogP contribution in [0.5, 0.6) is 0 Å². The molecule has 0 aromatic carbocycles. The summed E-state index contributed by atoms with van der Waals surface area (Å²) in [6.07, 6.45) is 18.7. The first-order valence-electron chi connectivity index (χ1n) is 16.1. The molecule has 0 saturated heterocycles. The van der Waals surface area contributed by atoms with Gasteiger partial charge in [-0.2, -0.15) is 0 Å². The van der Waals surface area contributed by atoms with Crippen LogP contribution >= 0.6 is 0 Å². The lowest BCUT2D eigenvalue weighted by molar-refractivity contribution is -0.887. The van der Waals surface area contributed by atoms with E-state index in [0.717, 1.165) is 38.5 Å². The SMILES string of the molecule is CCCCCCCCCCCC(=O)OC(COCCC(C(=O)O)[N+](C)(C)C)COC(=O)CCCCCCCCC. The van der Waals surface area contributed by atoms with Crippen LogP contribution in [0.3, 0.4) is 0 Å². The van der Waals surface area contributed by atoms with E-state index in [2.05, 4.69) is 13.8 Å². The first kappa shape index (κ1) is 38.3. The molecule has 2 unspecified atom stereocenters. The third kappa shape index (κ3) is 23.1. The van der Waals surface area contributed by atoms with Crippen LogP contribution in [0.4, 0.5) is 0 Å². The molecule has 2 atom stereocenters. The normalized spacial score (nSPS) is 13.1. The number of hydrogen-bond acceptors (Lipinski definition) is 6. The second-order valence-corrected chi connectivity index (χ2v) is 12.1. The molecule has 0 rings (SSSR count). The molecule has 0 aromatic heterocycles. The highest BCUT2D eigenvalue weighted by Crippen LogP contribution is 2.13. The number of unbranched alkanes of at least 4 members (excludes halogenated alkanes) is 14. The number of aliphatic carboxylic acids is 1. The lowest BCUT2D eigenvalue weighted by atomic mass is 10.1. The zero-order valence-corrected chi connectivity index (χ0v) is 26.6. The summed E-state index contributed by atoms with van der Waals surface area (Å²) < 4.78 is 17.0. The van der Waals surface area contributed by atoms with Gasteiger partial charge in [-0.15, -0.1) is 0 Å². The van der Waals surface area contributed by atoms with Crippen LogP contribution in [0.2, 0.25) is 0 Å². The fraction of sp³-hybridized carbons (Fsp3) is 0.906. The lowest BCUT2D eigenvalue weighted by Crippen LogP contribution is -2.50. The summed E-state index contributed by atoms with van der Waals surface area (Å²) in [4.78, 5) is 36.3. The van der Waals surface area contributed by atoms with Crippen molar-refractivity contribution in [3.8, 4) is 0 Å². The molecular weight excluding hydrogens is 510 g/mol. The molecule has 0 heterocycles. The predicted octanol–water partition coefficient (Wildman–Crippen LogP) is 7.07. The molecule has 8 nitrogen and oxygen atoms in total. The van der Waals surface area contributed by atoms with Gasteiger partial charge in [0.15, 0.2) is 12.1 Å². The number of nitrogens with zero attached hydrogens (tertiary/aromatic N) is 1. The van der Waals surface area contributed by atoms with Crippen LogP contribution in [0.1, 0.15) is 136 Å². The van der Waals surface area contributed by atoms with E-state index >= 15 is 0 Å². The van der Waals surface area contributed by atoms with E-state index < -0.39 is 18.1 Å². The van der Waals surface area contributed by atoms with E-state index in [1.165, 1.54) is 64.2 Å². The van der Waals surface area contributed by atoms with Crippen molar-refractivity contribution in [3.63, 3.8) is 0 Å². The molecule has 1 N–H and O–H groups in total. The molecule has 0 aliphatic rings. The monoisotopic (exact) mass is 572 g/mol. The quantitative estimate of drug-likeness (QED) is 0.0608. The van der Waals surface area contributed by atoms with E-state index in [1.54, 1.807) is 0 Å². The van der Waals surface area contributed by atoms with Crippen molar-refractivity contribution in [2.45, 2.75) is 148 Å². The third-order valence-corrected chi connectivity index (χ3v) is 7.26. The number of rotatable bonds is 28. The van der Waals surface area contributed by atoms with Crippen LogP contribution in [-0.2, 0) is 28.6 Å². The summed E-state index contributed by atoms with van der Waals surface area (Å²) in [6, 6.07) is -0.604. The Morgan fingerprint density at radius 1 is 0.650 bits per heavy atom. The van der Waals surface area contributed by atoms with Gasteiger partial charge < -0.3 is 23.8 Å². The largest absolute Gasteiger partial charge is 0.477 e. The smallest absolute Gasteiger partial charge is 0.362 e. The molecule has 0 aliphatic heterocycles. The summed E-state index contributed by atoms with van der Waals surface area (Å²) in [5, 5.41) is 9.51. The number of carboxylic acids is 1. The van der Waals surface area contributed by atoms with Gasteiger partial charge in [0.25, 0.3) is 0 Å². The molecular formula is C32H62NO7+. The average Bonchev–Trinajstić information content (AvgIpc) is 2.89. The highest BCUT2D eigenvalue weighted by Gasteiger charge is 2.31. The van der Waals surface area contributed by atoms with Crippen molar-refractivity contribution in [2.24, 2.45) is 0 Å². The van der Waals surface area contributed by atoms with Crippen molar-refractivity contribution in [1.82, 2.24) is 0 Å². The van der Waals surface area contributed by atoms with Gasteiger partial charge in [-0.1, -0.05) is 104 Å². The van der Waals surface area contributed by atoms with Crippen molar-refractivity contribution >= 4 is 17.9 Å². The number of likely N-dealkylation sites (N-methyl/N-ethyl adjacent to an activating group) is 1. The Kier molecular flexibility index (Phi) is 24.0. The predicted molar refractivity (Wildman–Crippen MR) is 160 cm³/mol. The summed E-state index contributed by atoms with van der Waals surface area (Å²) >= 11 is 0. The Bertz CT molecular complexity index is 648. The minimum atomic E-state index is -0.876. The molecule has 0 amide bonds. The van der Waals surface area contributed by atoms with E-state index in [0.29, 0.717) is 19.3 Å². The highest BCUT2D eigenvalue weighted by molar-refractivity contribution is 5.72. The first-order chi connectivity index (χ1) is 19.1. The van der Waals surface area contributed by atoms with Crippen LogP contribution in [0.25, 0.3) is 0 Å². The third-order valence-electron chi connectivity index (χ3n) is 7.26. The first-order valence-corrected chi connectivity index (χ1v) is 16.1. The number of esters is 2. The fourth-order valence-corrected chi connectivity index (χ4v) is 4.68. The van der Waals surface area contributed by atoms with E-state index in [1.807, 2.05) is 21.1 Å². The highest BCUT2D eigenvalue weighted by atomic mass is 16.6. The Balaban J connectivity index is 4.50. The molecule has 0 radical (unpaired) electrons. The van der Waals surface area contributed by atoms with E-state index in [4.69, 9.17) is 14.2 Å². The van der Waals surface area contributed by atoms with E-state index in [9.17, 15) is 19.5 Å². The lowest BCUT2D eigenvalue weighted by Gasteiger charge is -2.31. The summed E-state index contributed by atoms with van der Waals surface area (Å²) in [6.45, 7) is 4.65. The van der Waals surface area contributed by atoms with Crippen LogP contribution < -0.4 is 0 Å². The molecule has 8 heteroatoms. The van der Waals surface area contributed by atoms with Gasteiger partial charge in [-0.25, -0.2) is 4.79 Å². The van der Waals surface area contributed by atoms with E-state index in [-0.39, 0.29) is 36.2 Å². The Labute approximate surface area is 245 Å². The Morgan fingerprint density at radius 3 is 1.55 bits per heavy atom. The number of carboxylic acid groups (broad SMARTS) is 1. The van der Waals surface area contributed by atoms with Gasteiger partial charge in [0.05, 0.1) is 34.4 Å². The zero-order valence-electron chi connectivity index (χ0n) is 26.6. The molecule has 236 valence electrons. The number of carbonyl (C=O) groups excluding carboxylic acids is 2. The van der Waals surface area contributed by atoms with Crippen molar-refractivity contribution in [2.75, 3.05) is 41.0 Å². The molecule has 0 aromatic rings. The van der Waals surface area contributed by atoms with Crippen LogP contribution in [-0.4, -0.2) is 80.6 Å². The van der Waals surface area contributed by atoms with Gasteiger partial charge in [0.1, 0.15) is 6.61 Å². The maximum atomic E-state index is 12.5. The number of hydrogen-bond donors (Lipinski definition) is 1. The van der Waals surface area contributed by atoms with Crippen LogP contribution in [0, 0.1) is 0 Å². The second kappa shape index (κ2) is 25.1. The Morgan fingerprint density at radius 2 is 1.10 bits per heavy atom. The summed E-state index contributed by atoms with van der Waals surface area (Å²) in [7, 11) is 5.50. The molecule has 0 fully saturated rings. The number of quaternary nitrogens is 1. The van der Waals surface area contributed by atoms with Crippen molar-refractivity contribution in [1.29, 1.82) is 0 Å². The minimum absolute atomic E-state index is 0.0451. The molecule has 40 heavy (non-hydrogen) atoms. The summed E-state index contributed by atoms with van der Waals surface area (Å²) in [5.74, 6) is -1.47. The topological polar surface area (TPSA) is 99.1 Å². The van der Waals surface area contributed by atoms with Gasteiger partial charge in [-0.05, 0) is 12.8 Å². The zero-order chi connectivity index (χ0) is 30.1. The second-order valence-electron chi connectivity index (χ2n) is 12.1. The van der Waals surface area contributed by atoms with Gasteiger partial charge in [0, 0.05) is 19.3 Å². The Hall–Kier alpha value is -1.67. The standard InChI is InChI=1S/C32H61NO7/c1-6-8-10-12-14-15-17-19-21-23-31(35)40-28(26-38-25-24-29(32(36)37)33(3,4)5)27-39-30(34)22-20-18-16-13-11-9-7-2/h28-29H,6-27H2,1-5H3/p+1.